The summed E-state index contributed by atoms with van der Waals surface area (Å²) in [6.45, 7) is 1.02. The Morgan fingerprint density at radius 3 is 2.52 bits per heavy atom. The molecule has 1 aromatic heterocycles. The van der Waals surface area contributed by atoms with Crippen molar-refractivity contribution in [1.82, 2.24) is 9.88 Å². The van der Waals surface area contributed by atoms with Gasteiger partial charge in [-0.25, -0.2) is 13.2 Å². The number of carbonyl (C=O) groups excluding carboxylic acids is 1. The summed E-state index contributed by atoms with van der Waals surface area (Å²) in [6, 6.07) is 8.02. The number of nitrogens with zero attached hydrogens (tertiary/aromatic N) is 1. The standard InChI is InChI=1S/C24H23F3N2O2/c25-16-5-3-13(4-6-16)22-21(19-10-17(26)11-20(27)23(19)28-22)14-8-15(9-14)24(31)29-7-1-2-18(30)12-29/h3-6,10-11,14-15,18,28,30H,1-2,7-9,12H2/t14?,15?,18-/m0/s1. The second-order valence-electron chi connectivity index (χ2n) is 8.68. The Bertz CT molecular complexity index is 1140. The van der Waals surface area contributed by atoms with Crippen molar-refractivity contribution in [3.8, 4) is 11.3 Å². The number of nitrogens with one attached hydrogen (secondary N) is 1. The number of aromatic nitrogens is 1. The van der Waals surface area contributed by atoms with Gasteiger partial charge in [0.2, 0.25) is 5.91 Å². The molecule has 1 saturated heterocycles. The molecule has 31 heavy (non-hydrogen) atoms. The van der Waals surface area contributed by atoms with Gasteiger partial charge < -0.3 is 15.0 Å². The largest absolute Gasteiger partial charge is 0.391 e. The lowest BCUT2D eigenvalue weighted by atomic mass is 9.69. The molecule has 2 fully saturated rings. The number of benzene rings is 2. The number of hydrogen-bond acceptors (Lipinski definition) is 2. The fourth-order valence-corrected chi connectivity index (χ4v) is 4.98. The van der Waals surface area contributed by atoms with E-state index < -0.39 is 17.7 Å². The first kappa shape index (κ1) is 20.1. The van der Waals surface area contributed by atoms with Gasteiger partial charge in [-0.05, 0) is 73.1 Å². The third-order valence-corrected chi connectivity index (χ3v) is 6.60. The first-order valence-corrected chi connectivity index (χ1v) is 10.6. The fraction of sp³-hybridized carbons (Fsp3) is 0.375. The van der Waals surface area contributed by atoms with E-state index in [9.17, 15) is 23.1 Å². The van der Waals surface area contributed by atoms with Gasteiger partial charge in [0.15, 0.2) is 0 Å². The summed E-state index contributed by atoms with van der Waals surface area (Å²) in [5.41, 5.74) is 2.29. The first-order chi connectivity index (χ1) is 14.9. The van der Waals surface area contributed by atoms with E-state index in [0.29, 0.717) is 49.0 Å². The Morgan fingerprint density at radius 2 is 1.81 bits per heavy atom. The van der Waals surface area contributed by atoms with Gasteiger partial charge in [-0.1, -0.05) is 0 Å². The smallest absolute Gasteiger partial charge is 0.225 e. The van der Waals surface area contributed by atoms with E-state index >= 15 is 0 Å². The van der Waals surface area contributed by atoms with Gasteiger partial charge in [0, 0.05) is 30.5 Å². The van der Waals surface area contributed by atoms with Crippen molar-refractivity contribution >= 4 is 16.8 Å². The van der Waals surface area contributed by atoms with Crippen LogP contribution in [0.15, 0.2) is 36.4 Å². The number of aromatic amines is 1. The van der Waals surface area contributed by atoms with Crippen LogP contribution in [0.2, 0.25) is 0 Å². The number of amides is 1. The van der Waals surface area contributed by atoms with E-state index in [1.165, 1.54) is 18.2 Å². The van der Waals surface area contributed by atoms with Gasteiger partial charge in [0.25, 0.3) is 0 Å². The van der Waals surface area contributed by atoms with Crippen molar-refractivity contribution < 1.29 is 23.1 Å². The Morgan fingerprint density at radius 1 is 1.06 bits per heavy atom. The minimum Gasteiger partial charge on any atom is -0.391 e. The molecule has 0 radical (unpaired) electrons. The number of aliphatic hydroxyl groups excluding tert-OH is 1. The maximum absolute atomic E-state index is 14.5. The molecule has 3 aromatic rings. The van der Waals surface area contributed by atoms with E-state index in [0.717, 1.165) is 18.1 Å². The molecule has 2 aromatic carbocycles. The fourth-order valence-electron chi connectivity index (χ4n) is 4.98. The number of likely N-dealkylation sites (tertiary alicyclic amines) is 1. The lowest BCUT2D eigenvalue weighted by Gasteiger charge is -2.40. The summed E-state index contributed by atoms with van der Waals surface area (Å²) in [6.07, 6.45) is 2.18. The van der Waals surface area contributed by atoms with Gasteiger partial charge in [-0.2, -0.15) is 0 Å². The Balaban J connectivity index is 1.47. The topological polar surface area (TPSA) is 56.3 Å². The van der Waals surface area contributed by atoms with E-state index in [1.54, 1.807) is 17.0 Å². The molecule has 5 rings (SSSR count). The predicted octanol–water partition coefficient (Wildman–Crippen LogP) is 4.73. The van der Waals surface area contributed by atoms with Crippen molar-refractivity contribution in [3.63, 3.8) is 0 Å². The quantitative estimate of drug-likeness (QED) is 0.634. The van der Waals surface area contributed by atoms with Gasteiger partial charge in [0.05, 0.1) is 17.3 Å². The highest BCUT2D eigenvalue weighted by Gasteiger charge is 2.40. The van der Waals surface area contributed by atoms with Crippen LogP contribution in [0.3, 0.4) is 0 Å². The number of rotatable bonds is 3. The van der Waals surface area contributed by atoms with Crippen LogP contribution >= 0.6 is 0 Å². The highest BCUT2D eigenvalue weighted by atomic mass is 19.1. The van der Waals surface area contributed by atoms with Crippen molar-refractivity contribution in [2.75, 3.05) is 13.1 Å². The van der Waals surface area contributed by atoms with Crippen LogP contribution in [0.5, 0.6) is 0 Å². The zero-order valence-corrected chi connectivity index (χ0v) is 16.9. The molecule has 2 aliphatic rings. The third-order valence-electron chi connectivity index (χ3n) is 6.60. The normalized spacial score (nSPS) is 23.7. The van der Waals surface area contributed by atoms with E-state index in [1.807, 2.05) is 0 Å². The number of aliphatic hydroxyl groups is 1. The molecular weight excluding hydrogens is 405 g/mol. The van der Waals surface area contributed by atoms with Crippen LogP contribution in [0.4, 0.5) is 13.2 Å². The highest BCUT2D eigenvalue weighted by molar-refractivity contribution is 5.92. The van der Waals surface area contributed by atoms with Crippen LogP contribution in [0.25, 0.3) is 22.2 Å². The summed E-state index contributed by atoms with van der Waals surface area (Å²) in [4.78, 5) is 17.6. The maximum Gasteiger partial charge on any atom is 0.225 e. The molecule has 1 atom stereocenters. The van der Waals surface area contributed by atoms with Crippen molar-refractivity contribution in [2.45, 2.75) is 37.7 Å². The van der Waals surface area contributed by atoms with E-state index in [4.69, 9.17) is 0 Å². The minimum absolute atomic E-state index is 0.0375. The molecule has 0 bridgehead atoms. The summed E-state index contributed by atoms with van der Waals surface area (Å²) >= 11 is 0. The highest BCUT2D eigenvalue weighted by Crippen LogP contribution is 2.49. The molecule has 1 aliphatic heterocycles. The molecule has 1 saturated carbocycles. The average Bonchev–Trinajstić information content (AvgIpc) is 3.07. The van der Waals surface area contributed by atoms with E-state index in [-0.39, 0.29) is 29.1 Å². The van der Waals surface area contributed by atoms with Crippen LogP contribution < -0.4 is 0 Å². The maximum atomic E-state index is 14.5. The Kier molecular flexibility index (Phi) is 5.01. The van der Waals surface area contributed by atoms with E-state index in [2.05, 4.69) is 4.98 Å². The summed E-state index contributed by atoms with van der Waals surface area (Å²) in [5, 5.41) is 10.3. The zero-order valence-electron chi connectivity index (χ0n) is 16.9. The summed E-state index contributed by atoms with van der Waals surface area (Å²) < 4.78 is 41.9. The molecule has 2 heterocycles. The monoisotopic (exact) mass is 428 g/mol. The lowest BCUT2D eigenvalue weighted by Crippen LogP contribution is -2.47. The summed E-state index contributed by atoms with van der Waals surface area (Å²) in [5.74, 6) is -1.89. The van der Waals surface area contributed by atoms with Crippen LogP contribution in [-0.4, -0.2) is 40.1 Å². The number of carbonyl (C=O) groups is 1. The van der Waals surface area contributed by atoms with Gasteiger partial charge >= 0.3 is 0 Å². The van der Waals surface area contributed by atoms with Gasteiger partial charge in [-0.15, -0.1) is 0 Å². The molecule has 1 aliphatic carbocycles. The number of β-amino-alcohol motifs (C(OH)–C–C–N with tert-alkyl or cyclic N) is 1. The Hall–Kier alpha value is -2.80. The van der Waals surface area contributed by atoms with Gasteiger partial charge in [0.1, 0.15) is 17.5 Å². The molecule has 0 unspecified atom stereocenters. The molecule has 0 spiro atoms. The molecule has 7 heteroatoms. The van der Waals surface area contributed by atoms with Crippen molar-refractivity contribution in [2.24, 2.45) is 5.92 Å². The SMILES string of the molecule is O=C(C1CC(c2c(-c3ccc(F)cc3)[nH]c3c(F)cc(F)cc23)C1)N1CCC[C@H](O)C1. The second-order valence-corrected chi connectivity index (χ2v) is 8.68. The zero-order chi connectivity index (χ0) is 21.7. The number of fused-ring (bicyclic) bond motifs is 1. The molecule has 2 N–H and O–H groups in total. The molecule has 4 nitrogen and oxygen atoms in total. The second kappa shape index (κ2) is 7.71. The van der Waals surface area contributed by atoms with Crippen molar-refractivity contribution in [1.29, 1.82) is 0 Å². The predicted molar refractivity (Wildman–Crippen MR) is 111 cm³/mol. The average molecular weight is 428 g/mol. The minimum atomic E-state index is -0.682. The summed E-state index contributed by atoms with van der Waals surface area (Å²) in [7, 11) is 0. The number of H-pyrrole nitrogens is 1. The van der Waals surface area contributed by atoms with Gasteiger partial charge in [-0.3, -0.25) is 4.79 Å². The number of hydrogen-bond donors (Lipinski definition) is 2. The number of halogens is 3. The van der Waals surface area contributed by atoms with Crippen LogP contribution in [-0.2, 0) is 4.79 Å². The van der Waals surface area contributed by atoms with Crippen molar-refractivity contribution in [3.05, 3.63) is 59.4 Å². The lowest BCUT2D eigenvalue weighted by molar-refractivity contribution is -0.141. The third kappa shape index (κ3) is 3.61. The molecular formula is C24H23F3N2O2. The first-order valence-electron chi connectivity index (χ1n) is 10.6. The van der Waals surface area contributed by atoms with Crippen LogP contribution in [0, 0.1) is 23.4 Å². The Labute approximate surface area is 177 Å². The molecule has 1 amide bonds. The van der Waals surface area contributed by atoms with Crippen LogP contribution in [0.1, 0.15) is 37.2 Å². The molecule has 162 valence electrons. The number of piperidine rings is 1.